The summed E-state index contributed by atoms with van der Waals surface area (Å²) in [5.41, 5.74) is 0.692. The molecule has 1 aliphatic heterocycles. The second kappa shape index (κ2) is 6.08. The van der Waals surface area contributed by atoms with Gasteiger partial charge in [0, 0.05) is 24.8 Å². The summed E-state index contributed by atoms with van der Waals surface area (Å²) in [6.45, 7) is 3.95. The van der Waals surface area contributed by atoms with Crippen molar-refractivity contribution in [3.63, 3.8) is 0 Å². The molecule has 1 N–H and O–H groups in total. The second-order valence-electron chi connectivity index (χ2n) is 5.34. The average Bonchev–Trinajstić information content (AvgIpc) is 2.47. The molecule has 0 spiro atoms. The number of anilines is 3. The molecule has 1 aliphatic rings. The molecule has 1 fully saturated rings. The van der Waals surface area contributed by atoms with Gasteiger partial charge in [0.05, 0.1) is 0 Å². The highest BCUT2D eigenvalue weighted by molar-refractivity contribution is 5.59. The number of nitrogens with one attached hydrogen (secondary N) is 1. The van der Waals surface area contributed by atoms with Crippen LogP contribution < -0.4 is 10.2 Å². The fourth-order valence-corrected chi connectivity index (χ4v) is 2.62. The number of aromatic nitrogens is 2. The second-order valence-corrected chi connectivity index (χ2v) is 5.34. The number of piperidine rings is 1. The zero-order chi connectivity index (χ0) is 14.7. The Hall–Kier alpha value is -2.17. The van der Waals surface area contributed by atoms with E-state index in [0.29, 0.717) is 11.5 Å². The minimum absolute atomic E-state index is 0.262. The van der Waals surface area contributed by atoms with Gasteiger partial charge in [0.1, 0.15) is 23.3 Å². The molecular weight excluding hydrogens is 267 g/mol. The third-order valence-electron chi connectivity index (χ3n) is 3.60. The molecule has 1 saturated heterocycles. The molecule has 21 heavy (non-hydrogen) atoms. The summed E-state index contributed by atoms with van der Waals surface area (Å²) < 4.78 is 13.2. The van der Waals surface area contributed by atoms with Crippen molar-refractivity contribution in [1.29, 1.82) is 0 Å². The summed E-state index contributed by atoms with van der Waals surface area (Å²) in [4.78, 5) is 11.2. The molecule has 0 atom stereocenters. The van der Waals surface area contributed by atoms with E-state index in [4.69, 9.17) is 0 Å². The van der Waals surface area contributed by atoms with Crippen molar-refractivity contribution in [2.45, 2.75) is 26.2 Å². The van der Waals surface area contributed by atoms with E-state index in [9.17, 15) is 4.39 Å². The molecule has 0 radical (unpaired) electrons. The molecule has 4 nitrogen and oxygen atoms in total. The van der Waals surface area contributed by atoms with Gasteiger partial charge in [0.25, 0.3) is 0 Å². The van der Waals surface area contributed by atoms with Crippen LogP contribution in [0.2, 0.25) is 0 Å². The molecular formula is C16H19FN4. The number of hydrogen-bond donors (Lipinski definition) is 1. The first-order valence-electron chi connectivity index (χ1n) is 7.34. The van der Waals surface area contributed by atoms with Crippen LogP contribution in [0.5, 0.6) is 0 Å². The molecule has 2 aromatic rings. The van der Waals surface area contributed by atoms with Crippen LogP contribution in [-0.2, 0) is 0 Å². The lowest BCUT2D eigenvalue weighted by Gasteiger charge is -2.28. The highest BCUT2D eigenvalue weighted by atomic mass is 19.1. The van der Waals surface area contributed by atoms with E-state index in [1.807, 2.05) is 19.1 Å². The summed E-state index contributed by atoms with van der Waals surface area (Å²) in [7, 11) is 0. The van der Waals surface area contributed by atoms with Crippen LogP contribution in [0.3, 0.4) is 0 Å². The number of aryl methyl sites for hydroxylation is 1. The molecule has 0 amide bonds. The maximum Gasteiger partial charge on any atom is 0.136 e. The molecule has 0 aliphatic carbocycles. The van der Waals surface area contributed by atoms with Gasteiger partial charge < -0.3 is 10.2 Å². The lowest BCUT2D eigenvalue weighted by Crippen LogP contribution is -2.30. The highest BCUT2D eigenvalue weighted by Crippen LogP contribution is 2.22. The fourth-order valence-electron chi connectivity index (χ4n) is 2.62. The van der Waals surface area contributed by atoms with E-state index in [-0.39, 0.29) is 5.82 Å². The summed E-state index contributed by atoms with van der Waals surface area (Å²) >= 11 is 0. The van der Waals surface area contributed by atoms with E-state index >= 15 is 0 Å². The summed E-state index contributed by atoms with van der Waals surface area (Å²) in [6, 6.07) is 8.31. The number of benzene rings is 1. The van der Waals surface area contributed by atoms with Crippen LogP contribution >= 0.6 is 0 Å². The normalized spacial score (nSPS) is 15.0. The van der Waals surface area contributed by atoms with E-state index in [1.165, 1.54) is 31.4 Å². The highest BCUT2D eigenvalue weighted by Gasteiger charge is 2.13. The first-order valence-corrected chi connectivity index (χ1v) is 7.34. The standard InChI is InChI=1S/C16H19FN4/c1-12-18-15(20-14-7-5-6-13(17)10-14)11-16(19-12)21-8-3-2-4-9-21/h5-7,10-11H,2-4,8-9H2,1H3,(H,18,19,20). The van der Waals surface area contributed by atoms with E-state index < -0.39 is 0 Å². The smallest absolute Gasteiger partial charge is 0.136 e. The van der Waals surface area contributed by atoms with Gasteiger partial charge in [-0.05, 0) is 44.4 Å². The van der Waals surface area contributed by atoms with Crippen molar-refractivity contribution in [3.05, 3.63) is 42.0 Å². The van der Waals surface area contributed by atoms with Gasteiger partial charge >= 0.3 is 0 Å². The molecule has 3 rings (SSSR count). The SMILES string of the molecule is Cc1nc(Nc2cccc(F)c2)cc(N2CCCCC2)n1. The van der Waals surface area contributed by atoms with Crippen molar-refractivity contribution < 1.29 is 4.39 Å². The Morgan fingerprint density at radius 1 is 1.10 bits per heavy atom. The van der Waals surface area contributed by atoms with Crippen molar-refractivity contribution in [3.8, 4) is 0 Å². The molecule has 5 heteroatoms. The number of rotatable bonds is 3. The molecule has 2 heterocycles. The predicted molar refractivity (Wildman–Crippen MR) is 82.5 cm³/mol. The Balaban J connectivity index is 1.83. The third-order valence-corrected chi connectivity index (χ3v) is 3.60. The number of halogens is 1. The zero-order valence-corrected chi connectivity index (χ0v) is 12.1. The van der Waals surface area contributed by atoms with Gasteiger partial charge in [-0.1, -0.05) is 6.07 Å². The lowest BCUT2D eigenvalue weighted by atomic mass is 10.1. The molecule has 0 bridgehead atoms. The van der Waals surface area contributed by atoms with Crippen molar-refractivity contribution >= 4 is 17.3 Å². The third kappa shape index (κ3) is 3.48. The average molecular weight is 286 g/mol. The fraction of sp³-hybridized carbons (Fsp3) is 0.375. The van der Waals surface area contributed by atoms with Crippen LogP contribution in [0.25, 0.3) is 0 Å². The summed E-state index contributed by atoms with van der Waals surface area (Å²) in [5, 5.41) is 3.15. The minimum atomic E-state index is -0.262. The maximum atomic E-state index is 13.2. The first-order chi connectivity index (χ1) is 10.2. The summed E-state index contributed by atoms with van der Waals surface area (Å²) in [5.74, 6) is 2.11. The lowest BCUT2D eigenvalue weighted by molar-refractivity contribution is 0.572. The van der Waals surface area contributed by atoms with E-state index in [0.717, 1.165) is 24.7 Å². The Labute approximate surface area is 124 Å². The van der Waals surface area contributed by atoms with Crippen LogP contribution in [0, 0.1) is 12.7 Å². The largest absolute Gasteiger partial charge is 0.356 e. The topological polar surface area (TPSA) is 41.1 Å². The van der Waals surface area contributed by atoms with Crippen molar-refractivity contribution in [2.75, 3.05) is 23.3 Å². The van der Waals surface area contributed by atoms with Gasteiger partial charge in [0.15, 0.2) is 0 Å². The number of nitrogens with zero attached hydrogens (tertiary/aromatic N) is 3. The molecule has 0 unspecified atom stereocenters. The van der Waals surface area contributed by atoms with Gasteiger partial charge in [-0.2, -0.15) is 0 Å². The number of hydrogen-bond acceptors (Lipinski definition) is 4. The molecule has 0 saturated carbocycles. The first kappa shape index (κ1) is 13.8. The van der Waals surface area contributed by atoms with Gasteiger partial charge in [-0.15, -0.1) is 0 Å². The molecule has 110 valence electrons. The molecule has 1 aromatic heterocycles. The van der Waals surface area contributed by atoms with Crippen LogP contribution in [0.1, 0.15) is 25.1 Å². The van der Waals surface area contributed by atoms with Crippen molar-refractivity contribution in [1.82, 2.24) is 9.97 Å². The van der Waals surface area contributed by atoms with Crippen LogP contribution in [-0.4, -0.2) is 23.1 Å². The van der Waals surface area contributed by atoms with Crippen molar-refractivity contribution in [2.24, 2.45) is 0 Å². The summed E-state index contributed by atoms with van der Waals surface area (Å²) in [6.07, 6.45) is 3.69. The Morgan fingerprint density at radius 3 is 2.67 bits per heavy atom. The predicted octanol–water partition coefficient (Wildman–Crippen LogP) is 3.66. The van der Waals surface area contributed by atoms with Gasteiger partial charge in [-0.25, -0.2) is 14.4 Å². The van der Waals surface area contributed by atoms with E-state index in [2.05, 4.69) is 20.2 Å². The van der Waals surface area contributed by atoms with Crippen LogP contribution in [0.15, 0.2) is 30.3 Å². The zero-order valence-electron chi connectivity index (χ0n) is 12.1. The quantitative estimate of drug-likeness (QED) is 0.935. The minimum Gasteiger partial charge on any atom is -0.356 e. The maximum absolute atomic E-state index is 13.2. The van der Waals surface area contributed by atoms with Crippen LogP contribution in [0.4, 0.5) is 21.7 Å². The van der Waals surface area contributed by atoms with E-state index in [1.54, 1.807) is 6.07 Å². The Morgan fingerprint density at radius 2 is 1.90 bits per heavy atom. The Bertz CT molecular complexity index is 623. The molecule has 1 aromatic carbocycles. The van der Waals surface area contributed by atoms with Gasteiger partial charge in [-0.3, -0.25) is 0 Å². The monoisotopic (exact) mass is 286 g/mol. The Kier molecular flexibility index (Phi) is 3.99. The van der Waals surface area contributed by atoms with Gasteiger partial charge in [0.2, 0.25) is 0 Å².